The Labute approximate surface area is 168 Å². The molecule has 0 aliphatic heterocycles. The fraction of sp³-hybridized carbons (Fsp3) is 0.286. The van der Waals surface area contributed by atoms with Gasteiger partial charge in [0.2, 0.25) is 5.13 Å². The minimum absolute atomic E-state index is 0.113. The minimum atomic E-state index is -0.209. The summed E-state index contributed by atoms with van der Waals surface area (Å²) < 4.78 is 0.786. The maximum absolute atomic E-state index is 12.6. The van der Waals surface area contributed by atoms with Gasteiger partial charge in [0.15, 0.2) is 10.1 Å². The molecule has 3 rings (SSSR count). The second-order valence-corrected chi connectivity index (χ2v) is 8.99. The van der Waals surface area contributed by atoms with Crippen LogP contribution in [0.1, 0.15) is 40.9 Å². The highest BCUT2D eigenvalue weighted by Gasteiger charge is 2.19. The summed E-state index contributed by atoms with van der Waals surface area (Å²) in [6.45, 7) is 8.19. The molecule has 4 nitrogen and oxygen atoms in total. The lowest BCUT2D eigenvalue weighted by Gasteiger charge is -2.09. The number of aromatic nitrogens is 2. The molecule has 3 aromatic rings. The molecule has 140 valence electrons. The maximum Gasteiger partial charge on any atom is 0.210 e. The maximum atomic E-state index is 12.6. The molecule has 0 bridgehead atoms. The zero-order valence-electron chi connectivity index (χ0n) is 15.9. The van der Waals surface area contributed by atoms with Crippen LogP contribution in [-0.4, -0.2) is 21.2 Å². The van der Waals surface area contributed by atoms with Crippen LogP contribution in [0.5, 0.6) is 0 Å². The van der Waals surface area contributed by atoms with Crippen molar-refractivity contribution in [3.63, 3.8) is 0 Å². The SMILES string of the molecule is CCc1ccc(C(=O)C(C)Sc2nnc(Nc3cccc(C)c3C)s2)cc1. The van der Waals surface area contributed by atoms with E-state index in [0.29, 0.717) is 0 Å². The van der Waals surface area contributed by atoms with Crippen LogP contribution >= 0.6 is 23.1 Å². The molecule has 0 saturated carbocycles. The highest BCUT2D eigenvalue weighted by Crippen LogP contribution is 2.32. The molecular weight excluding hydrogens is 374 g/mol. The number of carbonyl (C=O) groups excluding carboxylic acids is 1. The Bertz CT molecular complexity index is 935. The summed E-state index contributed by atoms with van der Waals surface area (Å²) in [6.07, 6.45) is 0.972. The van der Waals surface area contributed by atoms with Crippen molar-refractivity contribution in [1.29, 1.82) is 0 Å². The minimum Gasteiger partial charge on any atom is -0.330 e. The molecule has 0 aliphatic carbocycles. The molecule has 0 fully saturated rings. The number of thioether (sulfide) groups is 1. The summed E-state index contributed by atoms with van der Waals surface area (Å²) in [5.74, 6) is 0.113. The van der Waals surface area contributed by atoms with Crippen LogP contribution in [0.3, 0.4) is 0 Å². The molecule has 0 amide bonds. The van der Waals surface area contributed by atoms with E-state index in [1.54, 1.807) is 0 Å². The lowest BCUT2D eigenvalue weighted by molar-refractivity contribution is 0.0994. The van der Waals surface area contributed by atoms with E-state index in [9.17, 15) is 4.79 Å². The lowest BCUT2D eigenvalue weighted by Crippen LogP contribution is -2.13. The molecule has 0 radical (unpaired) electrons. The standard InChI is InChI=1S/C21H23N3OS2/c1-5-16-9-11-17(12-10-16)19(25)15(4)26-21-24-23-20(27-21)22-18-8-6-7-13(2)14(18)3/h6-12,15H,5H2,1-4H3,(H,22,23). The van der Waals surface area contributed by atoms with Crippen LogP contribution in [0, 0.1) is 13.8 Å². The Balaban J connectivity index is 1.65. The first-order valence-corrected chi connectivity index (χ1v) is 10.6. The average Bonchev–Trinajstić information content (AvgIpc) is 3.11. The van der Waals surface area contributed by atoms with Crippen molar-refractivity contribution >= 4 is 39.7 Å². The fourth-order valence-corrected chi connectivity index (χ4v) is 4.64. The molecule has 1 atom stereocenters. The normalized spacial score (nSPS) is 12.0. The van der Waals surface area contributed by atoms with Crippen LogP contribution in [0.25, 0.3) is 0 Å². The number of aryl methyl sites for hydroxylation is 2. The number of nitrogens with zero attached hydrogens (tertiary/aromatic N) is 2. The Morgan fingerprint density at radius 2 is 1.89 bits per heavy atom. The van der Waals surface area contributed by atoms with E-state index in [2.05, 4.69) is 42.4 Å². The predicted octanol–water partition coefficient (Wildman–Crippen LogP) is 5.82. The van der Waals surface area contributed by atoms with Crippen LogP contribution in [0.2, 0.25) is 0 Å². The molecule has 1 heterocycles. The van der Waals surface area contributed by atoms with E-state index in [4.69, 9.17) is 0 Å². The number of nitrogens with one attached hydrogen (secondary N) is 1. The van der Waals surface area contributed by atoms with Gasteiger partial charge in [0.25, 0.3) is 0 Å². The number of carbonyl (C=O) groups is 1. The van der Waals surface area contributed by atoms with Gasteiger partial charge in [-0.3, -0.25) is 4.79 Å². The Morgan fingerprint density at radius 1 is 1.15 bits per heavy atom. The Hall–Kier alpha value is -2.18. The zero-order valence-corrected chi connectivity index (χ0v) is 17.6. The number of rotatable bonds is 7. The van der Waals surface area contributed by atoms with Crippen molar-refractivity contribution in [3.8, 4) is 0 Å². The van der Waals surface area contributed by atoms with Gasteiger partial charge in [0, 0.05) is 11.3 Å². The van der Waals surface area contributed by atoms with Gasteiger partial charge < -0.3 is 5.32 Å². The molecule has 0 aliphatic rings. The topological polar surface area (TPSA) is 54.9 Å². The van der Waals surface area contributed by atoms with Crippen molar-refractivity contribution in [2.75, 3.05) is 5.32 Å². The Morgan fingerprint density at radius 3 is 2.59 bits per heavy atom. The van der Waals surface area contributed by atoms with E-state index in [1.165, 1.54) is 39.8 Å². The van der Waals surface area contributed by atoms with E-state index in [1.807, 2.05) is 43.3 Å². The molecule has 0 saturated heterocycles. The van der Waals surface area contributed by atoms with Crippen molar-refractivity contribution in [2.45, 2.75) is 43.7 Å². The smallest absolute Gasteiger partial charge is 0.210 e. The van der Waals surface area contributed by atoms with Crippen molar-refractivity contribution in [3.05, 3.63) is 64.7 Å². The number of anilines is 2. The lowest BCUT2D eigenvalue weighted by atomic mass is 10.1. The first-order valence-electron chi connectivity index (χ1n) is 8.94. The molecule has 0 spiro atoms. The van der Waals surface area contributed by atoms with Crippen molar-refractivity contribution in [1.82, 2.24) is 10.2 Å². The number of Topliss-reactive ketones (excluding diaryl/α,β-unsaturated/α-hetero) is 1. The zero-order chi connectivity index (χ0) is 19.4. The van der Waals surface area contributed by atoms with E-state index in [0.717, 1.165) is 27.1 Å². The summed E-state index contributed by atoms with van der Waals surface area (Å²) >= 11 is 2.92. The fourth-order valence-electron chi connectivity index (χ4n) is 2.65. The molecule has 2 aromatic carbocycles. The molecule has 27 heavy (non-hydrogen) atoms. The summed E-state index contributed by atoms with van der Waals surface area (Å²) in [5.41, 5.74) is 5.43. The summed E-state index contributed by atoms with van der Waals surface area (Å²) in [4.78, 5) is 12.6. The number of ketones is 1. The quantitative estimate of drug-likeness (QED) is 0.402. The van der Waals surface area contributed by atoms with Gasteiger partial charge in [-0.05, 0) is 49.9 Å². The number of benzene rings is 2. The second-order valence-electron chi connectivity index (χ2n) is 6.42. The average molecular weight is 398 g/mol. The van der Waals surface area contributed by atoms with Crippen LogP contribution in [0.4, 0.5) is 10.8 Å². The number of hydrogen-bond acceptors (Lipinski definition) is 6. The van der Waals surface area contributed by atoms with E-state index in [-0.39, 0.29) is 11.0 Å². The third-order valence-electron chi connectivity index (χ3n) is 4.55. The summed E-state index contributed by atoms with van der Waals surface area (Å²) in [7, 11) is 0. The van der Waals surface area contributed by atoms with Crippen molar-refractivity contribution in [2.24, 2.45) is 0 Å². The molecule has 1 N–H and O–H groups in total. The number of hydrogen-bond donors (Lipinski definition) is 1. The molecule has 6 heteroatoms. The van der Waals surface area contributed by atoms with Crippen molar-refractivity contribution < 1.29 is 4.79 Å². The Kier molecular flexibility index (Phi) is 6.29. The third kappa shape index (κ3) is 4.76. The predicted molar refractivity (Wildman–Crippen MR) is 115 cm³/mol. The largest absolute Gasteiger partial charge is 0.330 e. The van der Waals surface area contributed by atoms with Crippen LogP contribution in [-0.2, 0) is 6.42 Å². The molecule has 1 unspecified atom stereocenters. The van der Waals surface area contributed by atoms with Crippen LogP contribution < -0.4 is 5.32 Å². The van der Waals surface area contributed by atoms with Crippen LogP contribution in [0.15, 0.2) is 46.8 Å². The first kappa shape index (κ1) is 19.6. The van der Waals surface area contributed by atoms with E-state index < -0.39 is 0 Å². The van der Waals surface area contributed by atoms with Gasteiger partial charge in [-0.1, -0.05) is 66.4 Å². The van der Waals surface area contributed by atoms with Gasteiger partial charge in [0.05, 0.1) is 5.25 Å². The summed E-state index contributed by atoms with van der Waals surface area (Å²) in [5, 5.41) is 12.3. The first-order chi connectivity index (χ1) is 13.0. The molecule has 1 aromatic heterocycles. The monoisotopic (exact) mass is 397 g/mol. The van der Waals surface area contributed by atoms with Gasteiger partial charge in [0.1, 0.15) is 0 Å². The van der Waals surface area contributed by atoms with Gasteiger partial charge >= 0.3 is 0 Å². The summed E-state index contributed by atoms with van der Waals surface area (Å²) in [6, 6.07) is 14.0. The van der Waals surface area contributed by atoms with E-state index >= 15 is 0 Å². The third-order valence-corrected chi connectivity index (χ3v) is 6.57. The highest BCUT2D eigenvalue weighted by molar-refractivity contribution is 8.02. The molecular formula is C21H23N3OS2. The van der Waals surface area contributed by atoms with Gasteiger partial charge in [-0.2, -0.15) is 0 Å². The second kappa shape index (κ2) is 8.67. The van der Waals surface area contributed by atoms with Gasteiger partial charge in [-0.15, -0.1) is 10.2 Å². The van der Waals surface area contributed by atoms with Gasteiger partial charge in [-0.25, -0.2) is 0 Å². The highest BCUT2D eigenvalue weighted by atomic mass is 32.2.